The van der Waals surface area contributed by atoms with E-state index in [1.165, 1.54) is 24.3 Å². The number of hydrogen-bond donors (Lipinski definition) is 0. The third-order valence-corrected chi connectivity index (χ3v) is 10.1. The van der Waals surface area contributed by atoms with Crippen molar-refractivity contribution in [1.82, 2.24) is 9.97 Å². The van der Waals surface area contributed by atoms with Gasteiger partial charge in [0, 0.05) is 45.4 Å². The molecule has 6 rings (SSSR count). The minimum atomic E-state index is -0.483. The zero-order valence-corrected chi connectivity index (χ0v) is 32.7. The molecule has 2 aromatic heterocycles. The number of esters is 2. The average Bonchev–Trinajstić information content (AvgIpc) is 3.83. The van der Waals surface area contributed by atoms with Gasteiger partial charge in [0.2, 0.25) is 0 Å². The van der Waals surface area contributed by atoms with Crippen LogP contribution >= 0.6 is 45.9 Å². The van der Waals surface area contributed by atoms with Crippen molar-refractivity contribution in [2.75, 3.05) is 13.2 Å². The van der Waals surface area contributed by atoms with Crippen molar-refractivity contribution in [1.29, 1.82) is 0 Å². The van der Waals surface area contributed by atoms with E-state index in [9.17, 15) is 29.8 Å². The number of thiazole rings is 2. The normalized spacial score (nSPS) is 10.5. The zero-order valence-electron chi connectivity index (χ0n) is 29.5. The van der Waals surface area contributed by atoms with Gasteiger partial charge in [0.25, 0.3) is 11.4 Å². The summed E-state index contributed by atoms with van der Waals surface area (Å²) in [5, 5.41) is 23.9. The number of carbonyl (C=O) groups is 2. The fourth-order valence-corrected chi connectivity index (χ4v) is 6.86. The van der Waals surface area contributed by atoms with E-state index in [-0.39, 0.29) is 37.8 Å². The summed E-state index contributed by atoms with van der Waals surface area (Å²) in [6, 6.07) is 25.6. The van der Waals surface area contributed by atoms with Gasteiger partial charge in [0.1, 0.15) is 55.9 Å². The highest BCUT2D eigenvalue weighted by atomic mass is 35.5. The average molecular weight is 838 g/mol. The van der Waals surface area contributed by atoms with Crippen molar-refractivity contribution < 1.29 is 38.4 Å². The third kappa shape index (κ3) is 11.1. The van der Waals surface area contributed by atoms with Gasteiger partial charge in [-0.1, -0.05) is 23.2 Å². The molecule has 0 aliphatic carbocycles. The summed E-state index contributed by atoms with van der Waals surface area (Å²) in [4.78, 5) is 54.9. The summed E-state index contributed by atoms with van der Waals surface area (Å²) in [6.07, 6.45) is 0. The van der Waals surface area contributed by atoms with Crippen LogP contribution in [0.15, 0.2) is 97.1 Å². The van der Waals surface area contributed by atoms with Gasteiger partial charge in [-0.3, -0.25) is 20.2 Å². The van der Waals surface area contributed by atoms with Crippen LogP contribution in [-0.4, -0.2) is 45.0 Å². The van der Waals surface area contributed by atoms with Crippen LogP contribution in [0.25, 0.3) is 21.1 Å². The van der Waals surface area contributed by atoms with Crippen molar-refractivity contribution in [3.63, 3.8) is 0 Å². The maximum Gasteiger partial charge on any atom is 0.350 e. The number of aromatic nitrogens is 2. The van der Waals surface area contributed by atoms with Gasteiger partial charge in [0.15, 0.2) is 0 Å². The summed E-state index contributed by atoms with van der Waals surface area (Å²) in [7, 11) is 0. The first-order valence-corrected chi connectivity index (χ1v) is 18.9. The summed E-state index contributed by atoms with van der Waals surface area (Å²) in [5.41, 5.74) is 2.17. The molecule has 18 heteroatoms. The van der Waals surface area contributed by atoms with E-state index in [1.54, 1.807) is 86.6 Å². The molecule has 4 aromatic carbocycles. The van der Waals surface area contributed by atoms with E-state index in [4.69, 9.17) is 42.1 Å². The van der Waals surface area contributed by atoms with E-state index in [0.29, 0.717) is 63.8 Å². The molecule has 0 bridgehead atoms. The van der Waals surface area contributed by atoms with Crippen LogP contribution in [0.4, 0.5) is 11.4 Å². The number of non-ortho nitro benzene ring substituents is 2. The van der Waals surface area contributed by atoms with Crippen molar-refractivity contribution in [3.8, 4) is 32.6 Å². The van der Waals surface area contributed by atoms with E-state index in [2.05, 4.69) is 9.97 Å². The van der Waals surface area contributed by atoms with Crippen LogP contribution in [0.1, 0.15) is 44.6 Å². The first-order valence-electron chi connectivity index (χ1n) is 16.6. The maximum absolute atomic E-state index is 12.3. The molecule has 0 unspecified atom stereocenters. The fourth-order valence-electron chi connectivity index (χ4n) is 4.67. The molecule has 0 aliphatic heterocycles. The summed E-state index contributed by atoms with van der Waals surface area (Å²) >= 11 is 14.0. The quantitative estimate of drug-likeness (QED) is 0.0576. The Bertz CT molecular complexity index is 2140. The Kier molecular flexibility index (Phi) is 14.4. The van der Waals surface area contributed by atoms with Gasteiger partial charge in [-0.25, -0.2) is 19.6 Å². The molecule has 14 nitrogen and oxygen atoms in total. The molecule has 0 amide bonds. The van der Waals surface area contributed by atoms with Crippen LogP contribution in [-0.2, 0) is 22.7 Å². The molecule has 0 saturated heterocycles. The summed E-state index contributed by atoms with van der Waals surface area (Å²) in [6.45, 7) is 4.06. The SMILES string of the molecule is CCOC(=O)c1sc(-c2ccc([N+](=O)[O-])cc2)nc1COc1ccc(Cl)cc1.CCOC(=O)c1sc(-c2ccc([N+](=O)[O-])cc2)nc1COc1ccc(Cl)cc1. The Labute approximate surface area is 337 Å². The van der Waals surface area contributed by atoms with Gasteiger partial charge in [-0.2, -0.15) is 0 Å². The number of halogens is 2. The van der Waals surface area contributed by atoms with Crippen LogP contribution in [0.2, 0.25) is 10.0 Å². The molecule has 56 heavy (non-hydrogen) atoms. The van der Waals surface area contributed by atoms with Crippen molar-refractivity contribution in [2.45, 2.75) is 27.1 Å². The van der Waals surface area contributed by atoms with E-state index in [0.717, 1.165) is 22.7 Å². The van der Waals surface area contributed by atoms with Gasteiger partial charge in [0.05, 0.1) is 23.1 Å². The lowest BCUT2D eigenvalue weighted by molar-refractivity contribution is -0.385. The number of nitro groups is 2. The van der Waals surface area contributed by atoms with E-state index >= 15 is 0 Å². The molecule has 0 aliphatic rings. The predicted molar refractivity (Wildman–Crippen MR) is 212 cm³/mol. The van der Waals surface area contributed by atoms with Crippen molar-refractivity contribution >= 4 is 69.2 Å². The number of nitro benzene ring substituents is 2. The van der Waals surface area contributed by atoms with Crippen LogP contribution < -0.4 is 9.47 Å². The van der Waals surface area contributed by atoms with E-state index < -0.39 is 21.8 Å². The molecule has 0 N–H and O–H groups in total. The van der Waals surface area contributed by atoms with Gasteiger partial charge in [-0.15, -0.1) is 22.7 Å². The standard InChI is InChI=1S/2C19H15ClN2O5S/c2*1-2-26-19(23)17-16(11-27-15-9-5-13(20)6-10-15)21-18(28-17)12-3-7-14(8-4-12)22(24)25/h2*3-10H,2,11H2,1H3. The third-order valence-electron chi connectivity index (χ3n) is 7.34. The second-order valence-electron chi connectivity index (χ2n) is 11.1. The molecule has 0 spiro atoms. The summed E-state index contributed by atoms with van der Waals surface area (Å²) < 4.78 is 21.6. The Hall–Kier alpha value is -5.94. The van der Waals surface area contributed by atoms with Gasteiger partial charge < -0.3 is 18.9 Å². The number of hydrogen-bond acceptors (Lipinski definition) is 14. The first kappa shape index (κ1) is 41.2. The number of carbonyl (C=O) groups excluding carboxylic acids is 2. The van der Waals surface area contributed by atoms with Gasteiger partial charge >= 0.3 is 11.9 Å². The van der Waals surface area contributed by atoms with Crippen LogP contribution in [0.3, 0.4) is 0 Å². The van der Waals surface area contributed by atoms with Crippen LogP contribution in [0, 0.1) is 20.2 Å². The lowest BCUT2D eigenvalue weighted by Gasteiger charge is -2.06. The molecule has 0 saturated carbocycles. The maximum atomic E-state index is 12.3. The molecular weight excluding hydrogens is 807 g/mol. The Morgan fingerprint density at radius 2 is 0.929 bits per heavy atom. The highest BCUT2D eigenvalue weighted by Gasteiger charge is 2.22. The molecule has 0 fully saturated rings. The number of rotatable bonds is 14. The topological polar surface area (TPSA) is 183 Å². The minimum Gasteiger partial charge on any atom is -0.487 e. The van der Waals surface area contributed by atoms with Crippen molar-refractivity contribution in [2.24, 2.45) is 0 Å². The Morgan fingerprint density at radius 1 is 0.589 bits per heavy atom. The zero-order chi connectivity index (χ0) is 40.2. The largest absolute Gasteiger partial charge is 0.487 e. The molecule has 2 heterocycles. The summed E-state index contributed by atoms with van der Waals surface area (Å²) in [5.74, 6) is 0.207. The first-order chi connectivity index (χ1) is 26.9. The Morgan fingerprint density at radius 3 is 1.23 bits per heavy atom. The minimum absolute atomic E-state index is 0.0165. The molecule has 0 radical (unpaired) electrons. The number of nitrogens with zero attached hydrogens (tertiary/aromatic N) is 4. The number of benzene rings is 4. The molecule has 6 aromatic rings. The van der Waals surface area contributed by atoms with Crippen molar-refractivity contribution in [3.05, 3.63) is 148 Å². The molecular formula is C38H30Cl2N4O10S2. The highest BCUT2D eigenvalue weighted by Crippen LogP contribution is 2.32. The fraction of sp³-hybridized carbons (Fsp3) is 0.158. The van der Waals surface area contributed by atoms with E-state index in [1.807, 2.05) is 0 Å². The smallest absolute Gasteiger partial charge is 0.350 e. The lowest BCUT2D eigenvalue weighted by atomic mass is 10.2. The second-order valence-corrected chi connectivity index (χ2v) is 14.0. The molecule has 0 atom stereocenters. The highest BCUT2D eigenvalue weighted by molar-refractivity contribution is 7.17. The lowest BCUT2D eigenvalue weighted by Crippen LogP contribution is -2.07. The van der Waals surface area contributed by atoms with Gasteiger partial charge in [-0.05, 0) is 86.6 Å². The van der Waals surface area contributed by atoms with Crippen LogP contribution in [0.5, 0.6) is 11.5 Å². The predicted octanol–water partition coefficient (Wildman–Crippen LogP) is 10.3. The number of ether oxygens (including phenoxy) is 4. The second kappa shape index (κ2) is 19.6. The molecule has 288 valence electrons. The Balaban J connectivity index is 0.000000214. The monoisotopic (exact) mass is 836 g/mol.